The summed E-state index contributed by atoms with van der Waals surface area (Å²) in [6, 6.07) is 2.67. The van der Waals surface area contributed by atoms with Gasteiger partial charge in [-0.2, -0.15) is 9.97 Å². The number of nitrogen functional groups attached to an aromatic ring is 1. The first-order valence-corrected chi connectivity index (χ1v) is 15.1. The molecule has 0 aromatic carbocycles. The molecule has 1 aromatic rings. The topological polar surface area (TPSA) is 115 Å². The molecule has 9 nitrogen and oxygen atoms in total. The summed E-state index contributed by atoms with van der Waals surface area (Å²) in [6.45, 7) is 9.42. The van der Waals surface area contributed by atoms with E-state index in [1.165, 1.54) is 70.8 Å². The molecule has 0 radical (unpaired) electrons. The SMILES string of the molecule is Nc1cc(N2CCN(CCCO)CC2)nc(NCC2CCC(CNCCCNC3CCCCC3)CC2)n1. The maximum absolute atomic E-state index is 9.06. The third kappa shape index (κ3) is 9.85. The van der Waals surface area contributed by atoms with Crippen LogP contribution < -0.4 is 26.6 Å². The van der Waals surface area contributed by atoms with E-state index < -0.39 is 0 Å². The molecule has 6 N–H and O–H groups in total. The lowest BCUT2D eigenvalue weighted by molar-refractivity contribution is 0.215. The Balaban J connectivity index is 1.08. The fourth-order valence-electron chi connectivity index (χ4n) is 6.20. The number of aliphatic hydroxyl groups is 1. The van der Waals surface area contributed by atoms with E-state index in [0.717, 1.165) is 76.6 Å². The van der Waals surface area contributed by atoms with Crippen molar-refractivity contribution in [1.29, 1.82) is 0 Å². The van der Waals surface area contributed by atoms with Gasteiger partial charge in [0.25, 0.3) is 0 Å². The van der Waals surface area contributed by atoms with Gasteiger partial charge in [0.1, 0.15) is 11.6 Å². The lowest BCUT2D eigenvalue weighted by atomic mass is 9.82. The van der Waals surface area contributed by atoms with E-state index in [2.05, 4.69) is 30.7 Å². The van der Waals surface area contributed by atoms with Crippen LogP contribution in [0.1, 0.15) is 70.6 Å². The standard InChI is InChI=1S/C28H52N8O/c29-26-20-27(36-17-15-35(16-18-36)14-5-19-37)34-28(33-26)32-22-24-10-8-23(9-11-24)21-30-12-4-13-31-25-6-2-1-3-7-25/h20,23-25,30-31,37H,1-19,21-22H2,(H3,29,32,33,34). The number of anilines is 3. The Kier molecular flexibility index (Phi) is 12.0. The van der Waals surface area contributed by atoms with Crippen LogP contribution in [-0.4, -0.2) is 91.5 Å². The van der Waals surface area contributed by atoms with Crippen molar-refractivity contribution >= 4 is 17.6 Å². The van der Waals surface area contributed by atoms with E-state index in [-0.39, 0.29) is 6.61 Å². The first-order valence-electron chi connectivity index (χ1n) is 15.1. The molecule has 0 bridgehead atoms. The minimum Gasteiger partial charge on any atom is -0.396 e. The Bertz CT molecular complexity index is 759. The number of nitrogens with zero attached hydrogens (tertiary/aromatic N) is 4. The highest BCUT2D eigenvalue weighted by Crippen LogP contribution is 2.29. The molecule has 1 saturated heterocycles. The van der Waals surface area contributed by atoms with Gasteiger partial charge in [0.2, 0.25) is 5.95 Å². The van der Waals surface area contributed by atoms with Gasteiger partial charge in [-0.25, -0.2) is 0 Å². The number of nitrogens with two attached hydrogens (primary N) is 1. The van der Waals surface area contributed by atoms with Crippen molar-refractivity contribution in [2.75, 3.05) is 81.5 Å². The van der Waals surface area contributed by atoms with Crippen molar-refractivity contribution in [3.63, 3.8) is 0 Å². The molecule has 2 heterocycles. The predicted molar refractivity (Wildman–Crippen MR) is 153 cm³/mol. The van der Waals surface area contributed by atoms with Crippen molar-refractivity contribution in [1.82, 2.24) is 25.5 Å². The first kappa shape index (κ1) is 28.3. The molecular weight excluding hydrogens is 464 g/mol. The molecule has 1 aromatic heterocycles. The second-order valence-corrected chi connectivity index (χ2v) is 11.5. The molecule has 0 unspecified atom stereocenters. The molecule has 1 aliphatic heterocycles. The van der Waals surface area contributed by atoms with Crippen LogP contribution in [0.15, 0.2) is 6.07 Å². The molecule has 3 fully saturated rings. The summed E-state index contributed by atoms with van der Waals surface area (Å²) in [5.74, 6) is 3.59. The summed E-state index contributed by atoms with van der Waals surface area (Å²) in [4.78, 5) is 13.9. The second kappa shape index (κ2) is 15.7. The highest BCUT2D eigenvalue weighted by molar-refractivity contribution is 5.51. The van der Waals surface area contributed by atoms with Crippen LogP contribution in [0.4, 0.5) is 17.6 Å². The summed E-state index contributed by atoms with van der Waals surface area (Å²) in [5, 5.41) is 20.0. The van der Waals surface area contributed by atoms with Gasteiger partial charge in [-0.15, -0.1) is 0 Å². The van der Waals surface area contributed by atoms with Crippen LogP contribution in [0.25, 0.3) is 0 Å². The molecule has 0 spiro atoms. The molecule has 0 amide bonds. The highest BCUT2D eigenvalue weighted by atomic mass is 16.3. The number of aromatic nitrogens is 2. The predicted octanol–water partition coefficient (Wildman–Crippen LogP) is 2.68. The van der Waals surface area contributed by atoms with Crippen LogP contribution in [0, 0.1) is 11.8 Å². The van der Waals surface area contributed by atoms with Crippen molar-refractivity contribution < 1.29 is 5.11 Å². The minimum absolute atomic E-state index is 0.258. The number of aliphatic hydroxyl groups excluding tert-OH is 1. The summed E-state index contributed by atoms with van der Waals surface area (Å²) < 4.78 is 0. The van der Waals surface area contributed by atoms with Gasteiger partial charge in [0, 0.05) is 58.0 Å². The van der Waals surface area contributed by atoms with Crippen molar-refractivity contribution in [3.05, 3.63) is 6.07 Å². The zero-order valence-electron chi connectivity index (χ0n) is 23.0. The lowest BCUT2D eigenvalue weighted by Crippen LogP contribution is -2.47. The number of hydrogen-bond donors (Lipinski definition) is 5. The summed E-state index contributed by atoms with van der Waals surface area (Å²) in [5.41, 5.74) is 6.13. The molecule has 210 valence electrons. The Morgan fingerprint density at radius 2 is 1.59 bits per heavy atom. The minimum atomic E-state index is 0.258. The fourth-order valence-corrected chi connectivity index (χ4v) is 6.20. The Morgan fingerprint density at radius 3 is 2.32 bits per heavy atom. The zero-order chi connectivity index (χ0) is 25.7. The number of rotatable bonds is 14. The summed E-state index contributed by atoms with van der Waals surface area (Å²) in [7, 11) is 0. The molecule has 9 heteroatoms. The van der Waals surface area contributed by atoms with E-state index in [0.29, 0.717) is 17.7 Å². The average molecular weight is 517 g/mol. The maximum atomic E-state index is 9.06. The van der Waals surface area contributed by atoms with Gasteiger partial charge in [-0.1, -0.05) is 19.3 Å². The Morgan fingerprint density at radius 1 is 0.865 bits per heavy atom. The van der Waals surface area contributed by atoms with Crippen LogP contribution in [-0.2, 0) is 0 Å². The quantitative estimate of drug-likeness (QED) is 0.238. The van der Waals surface area contributed by atoms with E-state index in [1.807, 2.05) is 6.07 Å². The van der Waals surface area contributed by atoms with Crippen LogP contribution >= 0.6 is 0 Å². The molecule has 2 aliphatic carbocycles. The van der Waals surface area contributed by atoms with E-state index in [1.54, 1.807) is 0 Å². The van der Waals surface area contributed by atoms with Gasteiger partial charge in [-0.3, -0.25) is 4.90 Å². The number of nitrogens with one attached hydrogen (secondary N) is 3. The Hall–Kier alpha value is -1.68. The van der Waals surface area contributed by atoms with Crippen LogP contribution in [0.3, 0.4) is 0 Å². The third-order valence-corrected chi connectivity index (χ3v) is 8.58. The molecular formula is C28H52N8O. The molecule has 4 rings (SSSR count). The molecule has 3 aliphatic rings. The van der Waals surface area contributed by atoms with Crippen molar-refractivity contribution in [2.24, 2.45) is 11.8 Å². The van der Waals surface area contributed by atoms with Gasteiger partial charge >= 0.3 is 0 Å². The van der Waals surface area contributed by atoms with E-state index >= 15 is 0 Å². The average Bonchev–Trinajstić information content (AvgIpc) is 2.94. The smallest absolute Gasteiger partial charge is 0.226 e. The summed E-state index contributed by atoms with van der Waals surface area (Å²) in [6.07, 6.45) is 14.2. The van der Waals surface area contributed by atoms with Gasteiger partial charge in [0.05, 0.1) is 0 Å². The van der Waals surface area contributed by atoms with Crippen LogP contribution in [0.2, 0.25) is 0 Å². The summed E-state index contributed by atoms with van der Waals surface area (Å²) >= 11 is 0. The van der Waals surface area contributed by atoms with Crippen LogP contribution in [0.5, 0.6) is 0 Å². The molecule has 37 heavy (non-hydrogen) atoms. The first-order chi connectivity index (χ1) is 18.2. The van der Waals surface area contributed by atoms with E-state index in [4.69, 9.17) is 15.8 Å². The normalized spacial score (nSPS) is 23.9. The largest absolute Gasteiger partial charge is 0.396 e. The monoisotopic (exact) mass is 516 g/mol. The van der Waals surface area contributed by atoms with Crippen molar-refractivity contribution in [3.8, 4) is 0 Å². The lowest BCUT2D eigenvalue weighted by Gasteiger charge is -2.35. The molecule has 0 atom stereocenters. The fraction of sp³-hybridized carbons (Fsp3) is 0.857. The Labute approximate surface area is 224 Å². The van der Waals surface area contributed by atoms with E-state index in [9.17, 15) is 0 Å². The van der Waals surface area contributed by atoms with Gasteiger partial charge in [-0.05, 0) is 82.8 Å². The number of piperazine rings is 1. The molecule has 2 saturated carbocycles. The second-order valence-electron chi connectivity index (χ2n) is 11.5. The zero-order valence-corrected chi connectivity index (χ0v) is 23.0. The maximum Gasteiger partial charge on any atom is 0.226 e. The number of hydrogen-bond acceptors (Lipinski definition) is 9. The highest BCUT2D eigenvalue weighted by Gasteiger charge is 2.22. The van der Waals surface area contributed by atoms with Gasteiger partial charge in [0.15, 0.2) is 0 Å². The third-order valence-electron chi connectivity index (χ3n) is 8.58. The van der Waals surface area contributed by atoms with Crippen molar-refractivity contribution in [2.45, 2.75) is 76.7 Å². The van der Waals surface area contributed by atoms with Gasteiger partial charge < -0.3 is 31.7 Å².